The van der Waals surface area contributed by atoms with Gasteiger partial charge in [-0.2, -0.15) is 0 Å². The van der Waals surface area contributed by atoms with E-state index in [4.69, 9.17) is 19.4 Å². The summed E-state index contributed by atoms with van der Waals surface area (Å²) in [5.74, 6) is 1.05. The van der Waals surface area contributed by atoms with Gasteiger partial charge in [0, 0.05) is 26.1 Å². The number of ether oxygens (including phenoxy) is 2. The number of carbonyl (C=O) groups is 1. The molecule has 0 saturated carbocycles. The van der Waals surface area contributed by atoms with Gasteiger partial charge < -0.3 is 14.6 Å². The molecule has 0 atom stereocenters. The molecule has 0 saturated heterocycles. The van der Waals surface area contributed by atoms with Crippen molar-refractivity contribution in [3.8, 4) is 11.5 Å². The predicted molar refractivity (Wildman–Crippen MR) is 211 cm³/mol. The monoisotopic (exact) mass is 718 g/mol. The summed E-state index contributed by atoms with van der Waals surface area (Å²) in [7, 11) is 0. The number of carboxylic acids is 1. The van der Waals surface area contributed by atoms with Gasteiger partial charge in [0.25, 0.3) is 0 Å². The Labute approximate surface area is 309 Å². The van der Waals surface area contributed by atoms with Crippen molar-refractivity contribution in [1.82, 2.24) is 9.97 Å². The summed E-state index contributed by atoms with van der Waals surface area (Å²) >= 11 is 3.36. The molecule has 0 fully saturated rings. The van der Waals surface area contributed by atoms with Gasteiger partial charge in [-0.1, -0.05) is 91.0 Å². The molecule has 0 radical (unpaired) electrons. The molecule has 0 aliphatic heterocycles. The molecule has 0 aliphatic rings. The van der Waals surface area contributed by atoms with E-state index < -0.39 is 10.7 Å². The van der Waals surface area contributed by atoms with Gasteiger partial charge in [-0.3, -0.25) is 4.79 Å². The second-order valence-corrected chi connectivity index (χ2v) is 14.8. The molecule has 52 heavy (non-hydrogen) atoms. The normalized spacial score (nSPS) is 11.6. The maximum atomic E-state index is 11.8. The molecule has 0 bridgehead atoms. The molecule has 0 amide bonds. The number of hydrogen-bond acceptors (Lipinski definition) is 7. The summed E-state index contributed by atoms with van der Waals surface area (Å²) < 4.78 is 12.9. The Hall–Kier alpha value is -5.70. The smallest absolute Gasteiger partial charge is 0.304 e. The van der Waals surface area contributed by atoms with Gasteiger partial charge in [0.15, 0.2) is 0 Å². The average Bonchev–Trinajstić information content (AvgIpc) is 3.63. The molecule has 1 N–H and O–H groups in total. The molecule has 8 heteroatoms. The van der Waals surface area contributed by atoms with Crippen molar-refractivity contribution in [1.29, 1.82) is 0 Å². The SMILES string of the molecule is O=C(O)CCSC(c1ccc(OCc2ccc3ccccc3n2)cc1)(c1ccc(OCc2ccc3ccccc3n2)cc1)c1cc2ccccc2s1. The van der Waals surface area contributed by atoms with E-state index in [-0.39, 0.29) is 6.42 Å². The number of rotatable bonds is 13. The number of thioether (sulfide) groups is 1. The lowest BCUT2D eigenvalue weighted by Crippen LogP contribution is -2.25. The fourth-order valence-corrected chi connectivity index (χ4v) is 9.28. The standard InChI is InChI=1S/C44H34N2O4S2/c47-43(48)25-26-51-44(42-27-32-9-3-6-12-41(32)52-42,33-15-21-37(22-16-33)49-28-35-19-13-30-7-1-4-10-39(30)45-35)34-17-23-38(24-18-34)50-29-36-20-14-31-8-2-5-11-40(31)46-36/h1-24,27H,25-26,28-29H2,(H,47,48). The third kappa shape index (κ3) is 7.08. The number of thiophene rings is 1. The lowest BCUT2D eigenvalue weighted by Gasteiger charge is -2.34. The van der Waals surface area contributed by atoms with Crippen LogP contribution in [-0.2, 0) is 22.8 Å². The number of hydrogen-bond donors (Lipinski definition) is 1. The molecule has 3 aromatic heterocycles. The molecule has 0 aliphatic carbocycles. The summed E-state index contributed by atoms with van der Waals surface area (Å²) in [5, 5.41) is 13.0. The van der Waals surface area contributed by atoms with Crippen LogP contribution in [0.2, 0.25) is 0 Å². The van der Waals surface area contributed by atoms with E-state index in [1.54, 1.807) is 23.1 Å². The van der Waals surface area contributed by atoms with Gasteiger partial charge in [-0.25, -0.2) is 9.97 Å². The van der Waals surface area contributed by atoms with Crippen molar-refractivity contribution in [2.24, 2.45) is 0 Å². The van der Waals surface area contributed by atoms with Crippen molar-refractivity contribution >= 4 is 61.0 Å². The maximum Gasteiger partial charge on any atom is 0.304 e. The van der Waals surface area contributed by atoms with E-state index in [0.717, 1.165) is 66.1 Å². The zero-order chi connectivity index (χ0) is 35.3. The maximum absolute atomic E-state index is 11.8. The van der Waals surface area contributed by atoms with Crippen LogP contribution in [0.4, 0.5) is 0 Å². The Bertz CT molecular complexity index is 2340. The van der Waals surface area contributed by atoms with Crippen LogP contribution in [0.5, 0.6) is 11.5 Å². The minimum absolute atomic E-state index is 0.0389. The van der Waals surface area contributed by atoms with Crippen molar-refractivity contribution in [2.75, 3.05) is 5.75 Å². The first-order valence-corrected chi connectivity index (χ1v) is 18.8. The predicted octanol–water partition coefficient (Wildman–Crippen LogP) is 10.7. The topological polar surface area (TPSA) is 81.5 Å². The van der Waals surface area contributed by atoms with E-state index in [1.807, 2.05) is 91.0 Å². The zero-order valence-corrected chi connectivity index (χ0v) is 29.8. The van der Waals surface area contributed by atoms with Crippen LogP contribution >= 0.6 is 23.1 Å². The number of aromatic nitrogens is 2. The number of para-hydroxylation sites is 2. The molecule has 8 rings (SSSR count). The van der Waals surface area contributed by atoms with Crippen molar-refractivity contribution < 1.29 is 19.4 Å². The number of carboxylic acid groups (broad SMARTS) is 1. The highest BCUT2D eigenvalue weighted by molar-refractivity contribution is 8.00. The molecular formula is C44H34N2O4S2. The first kappa shape index (κ1) is 33.4. The Morgan fingerprint density at radius 3 is 1.63 bits per heavy atom. The molecule has 256 valence electrons. The van der Waals surface area contributed by atoms with E-state index in [2.05, 4.69) is 60.7 Å². The molecule has 8 aromatic rings. The van der Waals surface area contributed by atoms with Crippen LogP contribution in [0, 0.1) is 0 Å². The van der Waals surface area contributed by atoms with Crippen LogP contribution < -0.4 is 9.47 Å². The number of aliphatic carboxylic acids is 1. The second-order valence-electron chi connectivity index (χ2n) is 12.4. The molecule has 5 aromatic carbocycles. The van der Waals surface area contributed by atoms with Gasteiger partial charge in [0.05, 0.1) is 33.6 Å². The average molecular weight is 719 g/mol. The Kier molecular flexibility index (Phi) is 9.57. The van der Waals surface area contributed by atoms with Crippen LogP contribution in [0.25, 0.3) is 31.9 Å². The highest BCUT2D eigenvalue weighted by Gasteiger charge is 2.39. The van der Waals surface area contributed by atoms with Gasteiger partial charge in [-0.15, -0.1) is 23.1 Å². The summed E-state index contributed by atoms with van der Waals surface area (Å²) in [6, 6.07) is 51.1. The lowest BCUT2D eigenvalue weighted by molar-refractivity contribution is -0.136. The third-order valence-corrected chi connectivity index (χ3v) is 11.9. The van der Waals surface area contributed by atoms with Crippen LogP contribution in [-0.4, -0.2) is 26.8 Å². The van der Waals surface area contributed by atoms with E-state index >= 15 is 0 Å². The first-order chi connectivity index (χ1) is 25.5. The van der Waals surface area contributed by atoms with Crippen molar-refractivity contribution in [3.05, 3.63) is 179 Å². The summed E-state index contributed by atoms with van der Waals surface area (Å²) in [6.45, 7) is 0.685. The largest absolute Gasteiger partial charge is 0.487 e. The summed E-state index contributed by atoms with van der Waals surface area (Å²) in [6.07, 6.45) is 0.0389. The van der Waals surface area contributed by atoms with E-state index in [1.165, 1.54) is 4.70 Å². The van der Waals surface area contributed by atoms with Gasteiger partial charge >= 0.3 is 5.97 Å². The molecule has 0 spiro atoms. The number of nitrogens with zero attached hydrogens (tertiary/aromatic N) is 2. The molecule has 6 nitrogen and oxygen atoms in total. The highest BCUT2D eigenvalue weighted by atomic mass is 32.2. The summed E-state index contributed by atoms with van der Waals surface area (Å²) in [4.78, 5) is 22.4. The van der Waals surface area contributed by atoms with Crippen molar-refractivity contribution in [2.45, 2.75) is 24.4 Å². The first-order valence-electron chi connectivity index (χ1n) is 17.0. The zero-order valence-electron chi connectivity index (χ0n) is 28.1. The minimum atomic E-state index is -0.824. The second kappa shape index (κ2) is 14.9. The Morgan fingerprint density at radius 1 is 0.615 bits per heavy atom. The van der Waals surface area contributed by atoms with E-state index in [9.17, 15) is 9.90 Å². The highest BCUT2D eigenvalue weighted by Crippen LogP contribution is 2.52. The van der Waals surface area contributed by atoms with Gasteiger partial charge in [0.1, 0.15) is 24.7 Å². The lowest BCUT2D eigenvalue weighted by atomic mass is 9.88. The number of benzene rings is 5. The number of fused-ring (bicyclic) bond motifs is 3. The van der Waals surface area contributed by atoms with Gasteiger partial charge in [-0.05, 0) is 77.2 Å². The Morgan fingerprint density at radius 2 is 1.12 bits per heavy atom. The van der Waals surface area contributed by atoms with Crippen LogP contribution in [0.3, 0.4) is 0 Å². The van der Waals surface area contributed by atoms with Crippen molar-refractivity contribution in [3.63, 3.8) is 0 Å². The van der Waals surface area contributed by atoms with Crippen LogP contribution in [0.1, 0.15) is 33.8 Å². The number of pyridine rings is 2. The molecule has 3 heterocycles. The quantitative estimate of drug-likeness (QED) is 0.127. The molecular weight excluding hydrogens is 685 g/mol. The van der Waals surface area contributed by atoms with Gasteiger partial charge in [0.2, 0.25) is 0 Å². The van der Waals surface area contributed by atoms with E-state index in [0.29, 0.717) is 19.0 Å². The Balaban J connectivity index is 1.12. The van der Waals surface area contributed by atoms with Crippen LogP contribution in [0.15, 0.2) is 152 Å². The summed E-state index contributed by atoms with van der Waals surface area (Å²) in [5.41, 5.74) is 5.63. The molecule has 0 unspecified atom stereocenters. The fourth-order valence-electron chi connectivity index (χ4n) is 6.40. The fraction of sp³-hybridized carbons (Fsp3) is 0.114. The third-order valence-electron chi connectivity index (χ3n) is 9.01. The minimum Gasteiger partial charge on any atom is -0.487 e.